The maximum absolute atomic E-state index is 13.1. The number of amides is 1. The Hall–Kier alpha value is -1.44. The van der Waals surface area contributed by atoms with E-state index in [1.54, 1.807) is 30.3 Å². The molecule has 1 aromatic carbocycles. The number of aliphatic hydroxyl groups is 1. The van der Waals surface area contributed by atoms with Gasteiger partial charge in [-0.25, -0.2) is 13.1 Å². The monoisotopic (exact) mass is 434 g/mol. The lowest BCUT2D eigenvalue weighted by Gasteiger charge is -2.48. The second-order valence-corrected chi connectivity index (χ2v) is 11.2. The Labute approximate surface area is 180 Å². The number of sulfonamides is 1. The topological polar surface area (TPSA) is 86.7 Å². The fourth-order valence-electron chi connectivity index (χ4n) is 5.55. The van der Waals surface area contributed by atoms with Crippen LogP contribution in [0.25, 0.3) is 0 Å². The minimum atomic E-state index is -3.47. The molecule has 7 heteroatoms. The van der Waals surface area contributed by atoms with E-state index in [1.807, 2.05) is 4.90 Å². The highest BCUT2D eigenvalue weighted by Crippen LogP contribution is 2.40. The molecule has 6 nitrogen and oxygen atoms in total. The molecule has 0 radical (unpaired) electrons. The van der Waals surface area contributed by atoms with E-state index in [1.165, 1.54) is 0 Å². The number of fused-ring (bicyclic) bond motifs is 1. The Morgan fingerprint density at radius 3 is 2.53 bits per heavy atom. The number of likely N-dealkylation sites (tertiary alicyclic amines) is 1. The van der Waals surface area contributed by atoms with Gasteiger partial charge in [-0.2, -0.15) is 0 Å². The van der Waals surface area contributed by atoms with Gasteiger partial charge in [-0.15, -0.1) is 0 Å². The zero-order valence-electron chi connectivity index (χ0n) is 17.6. The lowest BCUT2D eigenvalue weighted by Crippen LogP contribution is -2.55. The Morgan fingerprint density at radius 1 is 1.07 bits per heavy atom. The highest BCUT2D eigenvalue weighted by atomic mass is 32.2. The van der Waals surface area contributed by atoms with Crippen LogP contribution in [0.5, 0.6) is 0 Å². The molecule has 2 saturated carbocycles. The number of nitrogens with one attached hydrogen (secondary N) is 1. The number of hydrogen-bond acceptors (Lipinski definition) is 4. The third-order valence-electron chi connectivity index (χ3n) is 7.55. The minimum absolute atomic E-state index is 0.0433. The Balaban J connectivity index is 1.25. The van der Waals surface area contributed by atoms with Gasteiger partial charge in [0.05, 0.1) is 10.5 Å². The standard InChI is InChI=1S/C23H34N2O4S/c26-22(25-15-14-23(27)13-5-4-6-20(23)17-25)19-11-9-18(10-12-19)16-24-30(28,29)21-7-2-1-3-8-21/h1-3,7-8,18-20,24,27H,4-6,9-17H2/t18?,19?,20-,23-/m0/s1. The van der Waals surface area contributed by atoms with Gasteiger partial charge in [0.1, 0.15) is 0 Å². The van der Waals surface area contributed by atoms with Crippen LogP contribution in [0.15, 0.2) is 35.2 Å². The van der Waals surface area contributed by atoms with Crippen LogP contribution in [0.4, 0.5) is 0 Å². The van der Waals surface area contributed by atoms with E-state index >= 15 is 0 Å². The largest absolute Gasteiger partial charge is 0.389 e. The van der Waals surface area contributed by atoms with Crippen molar-refractivity contribution >= 4 is 15.9 Å². The molecule has 3 aliphatic rings. The minimum Gasteiger partial charge on any atom is -0.389 e. The summed E-state index contributed by atoms with van der Waals surface area (Å²) in [6.07, 6.45) is 8.24. The number of rotatable bonds is 5. The molecule has 0 aromatic heterocycles. The molecule has 1 aliphatic heterocycles. The van der Waals surface area contributed by atoms with Crippen molar-refractivity contribution in [2.75, 3.05) is 19.6 Å². The fourth-order valence-corrected chi connectivity index (χ4v) is 6.69. The van der Waals surface area contributed by atoms with Crippen LogP contribution in [0.3, 0.4) is 0 Å². The summed E-state index contributed by atoms with van der Waals surface area (Å²) in [6.45, 7) is 1.80. The average Bonchev–Trinajstić information content (AvgIpc) is 2.77. The summed E-state index contributed by atoms with van der Waals surface area (Å²) in [7, 11) is -3.47. The first-order chi connectivity index (χ1) is 14.4. The van der Waals surface area contributed by atoms with Crippen molar-refractivity contribution in [3.05, 3.63) is 30.3 Å². The summed E-state index contributed by atoms with van der Waals surface area (Å²) in [5.41, 5.74) is -0.553. The third-order valence-corrected chi connectivity index (χ3v) is 8.99. The van der Waals surface area contributed by atoms with Crippen LogP contribution in [0.1, 0.15) is 57.8 Å². The van der Waals surface area contributed by atoms with Gasteiger partial charge in [0, 0.05) is 31.5 Å². The number of carbonyl (C=O) groups excluding carboxylic acids is 1. The molecule has 1 aromatic rings. The molecule has 2 aliphatic carbocycles. The quantitative estimate of drug-likeness (QED) is 0.746. The molecule has 1 amide bonds. The molecule has 4 rings (SSSR count). The summed E-state index contributed by atoms with van der Waals surface area (Å²) >= 11 is 0. The number of piperidine rings is 1. The highest BCUT2D eigenvalue weighted by molar-refractivity contribution is 7.89. The van der Waals surface area contributed by atoms with E-state index in [-0.39, 0.29) is 23.7 Å². The molecule has 1 heterocycles. The third kappa shape index (κ3) is 4.73. The van der Waals surface area contributed by atoms with Gasteiger partial charge < -0.3 is 10.0 Å². The van der Waals surface area contributed by atoms with Crippen LogP contribution in [-0.4, -0.2) is 49.6 Å². The molecule has 0 unspecified atom stereocenters. The fraction of sp³-hybridized carbons (Fsp3) is 0.696. The zero-order valence-corrected chi connectivity index (χ0v) is 18.4. The predicted octanol–water partition coefficient (Wildman–Crippen LogP) is 2.92. The molecular formula is C23H34N2O4S. The van der Waals surface area contributed by atoms with Gasteiger partial charge in [-0.05, 0) is 63.0 Å². The van der Waals surface area contributed by atoms with E-state index in [9.17, 15) is 18.3 Å². The average molecular weight is 435 g/mol. The van der Waals surface area contributed by atoms with E-state index in [0.717, 1.165) is 51.4 Å². The lowest BCUT2D eigenvalue weighted by molar-refractivity contribution is -0.148. The summed E-state index contributed by atoms with van der Waals surface area (Å²) in [5, 5.41) is 10.8. The normalized spacial score (nSPS) is 32.4. The molecule has 0 bridgehead atoms. The first kappa shape index (κ1) is 21.8. The Morgan fingerprint density at radius 2 is 1.80 bits per heavy atom. The van der Waals surface area contributed by atoms with Crippen molar-refractivity contribution in [3.63, 3.8) is 0 Å². The van der Waals surface area contributed by atoms with Crippen molar-refractivity contribution in [2.45, 2.75) is 68.3 Å². The molecule has 2 atom stereocenters. The first-order valence-electron chi connectivity index (χ1n) is 11.4. The zero-order chi connectivity index (χ0) is 21.2. The maximum atomic E-state index is 13.1. The molecule has 166 valence electrons. The summed E-state index contributed by atoms with van der Waals surface area (Å²) in [4.78, 5) is 15.4. The second kappa shape index (κ2) is 8.97. The molecule has 2 N–H and O–H groups in total. The molecule has 30 heavy (non-hydrogen) atoms. The van der Waals surface area contributed by atoms with Crippen molar-refractivity contribution in [1.82, 2.24) is 9.62 Å². The Kier molecular flexibility index (Phi) is 6.51. The van der Waals surface area contributed by atoms with Gasteiger partial charge >= 0.3 is 0 Å². The van der Waals surface area contributed by atoms with Crippen LogP contribution in [0, 0.1) is 17.8 Å². The number of carbonyl (C=O) groups is 1. The molecule has 0 spiro atoms. The van der Waals surface area contributed by atoms with Gasteiger partial charge in [-0.3, -0.25) is 4.79 Å². The number of hydrogen-bond donors (Lipinski definition) is 2. The summed E-state index contributed by atoms with van der Waals surface area (Å²) in [5.74, 6) is 0.790. The van der Waals surface area contributed by atoms with Crippen molar-refractivity contribution in [3.8, 4) is 0 Å². The second-order valence-electron chi connectivity index (χ2n) is 9.46. The first-order valence-corrected chi connectivity index (χ1v) is 12.9. The van der Waals surface area contributed by atoms with Crippen molar-refractivity contribution < 1.29 is 18.3 Å². The van der Waals surface area contributed by atoms with Crippen molar-refractivity contribution in [2.24, 2.45) is 17.8 Å². The van der Waals surface area contributed by atoms with Crippen LogP contribution < -0.4 is 4.72 Å². The van der Waals surface area contributed by atoms with Crippen LogP contribution in [-0.2, 0) is 14.8 Å². The van der Waals surface area contributed by atoms with E-state index in [0.29, 0.717) is 31.0 Å². The smallest absolute Gasteiger partial charge is 0.240 e. The predicted molar refractivity (Wildman–Crippen MR) is 115 cm³/mol. The number of benzene rings is 1. The van der Waals surface area contributed by atoms with E-state index < -0.39 is 15.6 Å². The number of nitrogens with zero attached hydrogens (tertiary/aromatic N) is 1. The van der Waals surface area contributed by atoms with E-state index in [4.69, 9.17) is 0 Å². The molecule has 3 fully saturated rings. The van der Waals surface area contributed by atoms with Crippen LogP contribution in [0.2, 0.25) is 0 Å². The summed E-state index contributed by atoms with van der Waals surface area (Å²) < 4.78 is 27.5. The van der Waals surface area contributed by atoms with Crippen LogP contribution >= 0.6 is 0 Å². The molecule has 1 saturated heterocycles. The van der Waals surface area contributed by atoms with Gasteiger partial charge in [0.25, 0.3) is 0 Å². The Bertz CT molecular complexity index is 836. The molecular weight excluding hydrogens is 400 g/mol. The SMILES string of the molecule is O=C(C1CCC(CNS(=O)(=O)c2ccccc2)CC1)N1CC[C@@]2(O)CCCC[C@H]2C1. The summed E-state index contributed by atoms with van der Waals surface area (Å²) in [6, 6.07) is 8.45. The van der Waals surface area contributed by atoms with E-state index in [2.05, 4.69) is 4.72 Å². The lowest BCUT2D eigenvalue weighted by atomic mass is 9.71. The van der Waals surface area contributed by atoms with Gasteiger partial charge in [0.2, 0.25) is 15.9 Å². The maximum Gasteiger partial charge on any atom is 0.240 e. The van der Waals surface area contributed by atoms with Gasteiger partial charge in [0.15, 0.2) is 0 Å². The highest BCUT2D eigenvalue weighted by Gasteiger charge is 2.44. The van der Waals surface area contributed by atoms with Crippen molar-refractivity contribution in [1.29, 1.82) is 0 Å². The van der Waals surface area contributed by atoms with Gasteiger partial charge in [-0.1, -0.05) is 31.0 Å².